The van der Waals surface area contributed by atoms with Gasteiger partial charge in [-0.3, -0.25) is 0 Å². The lowest BCUT2D eigenvalue weighted by Gasteiger charge is -2.12. The number of halogens is 1. The first-order valence-electron chi connectivity index (χ1n) is 11.3. The summed E-state index contributed by atoms with van der Waals surface area (Å²) >= 11 is 1.79. The minimum absolute atomic E-state index is 0.0539. The summed E-state index contributed by atoms with van der Waals surface area (Å²) in [5.41, 5.74) is 2.19. The molecule has 0 spiro atoms. The van der Waals surface area contributed by atoms with Crippen molar-refractivity contribution in [1.29, 1.82) is 0 Å². The molecule has 3 aromatic carbocycles. The molecule has 8 nitrogen and oxygen atoms in total. The Morgan fingerprint density at radius 2 is 1.08 bits per heavy atom. The second-order valence-electron chi connectivity index (χ2n) is 8.23. The zero-order valence-electron chi connectivity index (χ0n) is 21.1. The highest BCUT2D eigenvalue weighted by molar-refractivity contribution is 14.1. The van der Waals surface area contributed by atoms with Gasteiger partial charge in [-0.05, 0) is 84.0 Å². The smallest absolute Gasteiger partial charge is 0.349 e. The highest BCUT2D eigenvalue weighted by atomic mass is 127. The molecular weight excluding hydrogens is 615 g/mol. The Labute approximate surface area is 238 Å². The Hall–Kier alpha value is -4.51. The predicted molar refractivity (Wildman–Crippen MR) is 153 cm³/mol. The number of hydrogen-bond donors (Lipinski definition) is 0. The Morgan fingerprint density at radius 1 is 0.590 bits per heavy atom. The van der Waals surface area contributed by atoms with Crippen molar-refractivity contribution in [3.05, 3.63) is 107 Å². The highest BCUT2D eigenvalue weighted by Crippen LogP contribution is 2.33. The van der Waals surface area contributed by atoms with Crippen molar-refractivity contribution in [2.24, 2.45) is 0 Å². The lowest BCUT2D eigenvalue weighted by molar-refractivity contribution is -0.132. The van der Waals surface area contributed by atoms with Gasteiger partial charge >= 0.3 is 23.9 Å². The quantitative estimate of drug-likeness (QED) is 0.115. The van der Waals surface area contributed by atoms with Gasteiger partial charge in [-0.15, -0.1) is 0 Å². The van der Waals surface area contributed by atoms with Crippen molar-refractivity contribution >= 4 is 46.5 Å². The molecule has 0 saturated heterocycles. The highest BCUT2D eigenvalue weighted by Gasteiger charge is 2.18. The van der Waals surface area contributed by atoms with Gasteiger partial charge in [0.15, 0.2) is 11.5 Å². The number of benzene rings is 3. The Morgan fingerprint density at radius 3 is 1.59 bits per heavy atom. The molecular formula is C30H23IO8. The first kappa shape index (κ1) is 29.1. The van der Waals surface area contributed by atoms with Gasteiger partial charge in [-0.25, -0.2) is 19.2 Å². The fraction of sp³-hybridized carbons (Fsp3) is 0.0667. The van der Waals surface area contributed by atoms with E-state index in [0.717, 1.165) is 11.1 Å². The molecule has 0 bridgehead atoms. The van der Waals surface area contributed by atoms with Gasteiger partial charge in [0.25, 0.3) is 0 Å². The normalized spacial score (nSPS) is 10.1. The summed E-state index contributed by atoms with van der Waals surface area (Å²) in [6.45, 7) is 13.5. The molecule has 0 amide bonds. The molecule has 9 heteroatoms. The average molecular weight is 638 g/mol. The molecule has 0 radical (unpaired) electrons. The van der Waals surface area contributed by atoms with Crippen molar-refractivity contribution in [3.63, 3.8) is 0 Å². The summed E-state index contributed by atoms with van der Waals surface area (Å²) in [6, 6.07) is 17.5. The van der Waals surface area contributed by atoms with Crippen LogP contribution in [0.1, 0.15) is 24.2 Å². The summed E-state index contributed by atoms with van der Waals surface area (Å²) in [5, 5.41) is 0. The predicted octanol–water partition coefficient (Wildman–Crippen LogP) is 6.39. The molecule has 0 saturated carbocycles. The maximum atomic E-state index is 12.8. The van der Waals surface area contributed by atoms with E-state index in [4.69, 9.17) is 18.9 Å². The number of hydrogen-bond acceptors (Lipinski definition) is 8. The van der Waals surface area contributed by atoms with E-state index < -0.39 is 23.9 Å². The van der Waals surface area contributed by atoms with E-state index >= 15 is 0 Å². The largest absolute Gasteiger partial charge is 0.423 e. The summed E-state index contributed by atoms with van der Waals surface area (Å²) < 4.78 is 21.4. The standard InChI is InChI=1S/C30H23IO8/c1-17(2)27(32)38-25-15-14-24(16-26(25)39-28(33)18(3)4)37-30(35)22-8-6-20(7-9-22)21-10-12-23(13-11-21)36-29(34)19(5)31/h6-16H,1,3,5H2,2,4H3. The van der Waals surface area contributed by atoms with Crippen molar-refractivity contribution < 1.29 is 38.1 Å². The molecule has 3 rings (SSSR count). The molecule has 0 aliphatic heterocycles. The van der Waals surface area contributed by atoms with Crippen molar-refractivity contribution in [1.82, 2.24) is 0 Å². The third-order valence-corrected chi connectivity index (χ3v) is 5.41. The monoisotopic (exact) mass is 638 g/mol. The number of rotatable bonds is 9. The van der Waals surface area contributed by atoms with Crippen LogP contribution in [-0.2, 0) is 14.4 Å². The second-order valence-corrected chi connectivity index (χ2v) is 9.54. The van der Waals surface area contributed by atoms with E-state index in [9.17, 15) is 19.2 Å². The second kappa shape index (κ2) is 12.8. The van der Waals surface area contributed by atoms with Crippen LogP contribution in [0.4, 0.5) is 0 Å². The summed E-state index contributed by atoms with van der Waals surface area (Å²) in [5.74, 6) is -2.38. The number of esters is 4. The van der Waals surface area contributed by atoms with Crippen LogP contribution in [0, 0.1) is 0 Å². The summed E-state index contributed by atoms with van der Waals surface area (Å²) in [6.07, 6.45) is 0. The van der Waals surface area contributed by atoms with Gasteiger partial charge in [-0.2, -0.15) is 0 Å². The number of carbonyl (C=O) groups is 4. The third-order valence-electron chi connectivity index (χ3n) is 4.97. The SMILES string of the molecule is C=C(C)C(=O)Oc1ccc(OC(=O)c2ccc(-c3ccc(OC(=O)C(=C)I)cc3)cc2)cc1OC(=O)C(=C)C. The van der Waals surface area contributed by atoms with Gasteiger partial charge in [0, 0.05) is 17.2 Å². The molecule has 0 N–H and O–H groups in total. The van der Waals surface area contributed by atoms with E-state index in [1.807, 2.05) is 0 Å². The van der Waals surface area contributed by atoms with Gasteiger partial charge in [0.1, 0.15) is 11.5 Å². The van der Waals surface area contributed by atoms with Gasteiger partial charge in [0.05, 0.1) is 9.14 Å². The molecule has 0 aromatic heterocycles. The van der Waals surface area contributed by atoms with Gasteiger partial charge in [0.2, 0.25) is 0 Å². The lowest BCUT2D eigenvalue weighted by atomic mass is 10.0. The summed E-state index contributed by atoms with van der Waals surface area (Å²) in [4.78, 5) is 48.4. The molecule has 0 unspecified atom stereocenters. The fourth-order valence-electron chi connectivity index (χ4n) is 2.93. The molecule has 3 aromatic rings. The van der Waals surface area contributed by atoms with E-state index in [1.165, 1.54) is 32.0 Å². The Balaban J connectivity index is 1.75. The molecule has 39 heavy (non-hydrogen) atoms. The zero-order chi connectivity index (χ0) is 28.7. The third kappa shape index (κ3) is 7.99. The molecule has 198 valence electrons. The van der Waals surface area contributed by atoms with E-state index in [-0.39, 0.29) is 37.5 Å². The van der Waals surface area contributed by atoms with Gasteiger partial charge in [-0.1, -0.05) is 44.0 Å². The summed E-state index contributed by atoms with van der Waals surface area (Å²) in [7, 11) is 0. The van der Waals surface area contributed by atoms with Crippen molar-refractivity contribution in [2.45, 2.75) is 13.8 Å². The fourth-order valence-corrected chi connectivity index (χ4v) is 3.04. The van der Waals surface area contributed by atoms with Crippen LogP contribution in [0.15, 0.2) is 101 Å². The first-order chi connectivity index (χ1) is 18.4. The van der Waals surface area contributed by atoms with Crippen LogP contribution >= 0.6 is 22.6 Å². The van der Waals surface area contributed by atoms with Crippen molar-refractivity contribution in [3.8, 4) is 34.1 Å². The minimum atomic E-state index is -0.747. The molecule has 0 heterocycles. The average Bonchev–Trinajstić information content (AvgIpc) is 2.90. The van der Waals surface area contributed by atoms with E-state index in [1.54, 1.807) is 71.1 Å². The first-order valence-corrected chi connectivity index (χ1v) is 12.4. The van der Waals surface area contributed by atoms with Gasteiger partial charge < -0.3 is 18.9 Å². The lowest BCUT2D eigenvalue weighted by Crippen LogP contribution is -2.13. The maximum Gasteiger partial charge on any atom is 0.349 e. The number of ether oxygens (including phenoxy) is 4. The zero-order valence-corrected chi connectivity index (χ0v) is 23.3. The van der Waals surface area contributed by atoms with Crippen molar-refractivity contribution in [2.75, 3.05) is 0 Å². The number of carbonyl (C=O) groups excluding carboxylic acids is 4. The van der Waals surface area contributed by atoms with Crippen LogP contribution in [0.3, 0.4) is 0 Å². The van der Waals surface area contributed by atoms with E-state index in [0.29, 0.717) is 5.75 Å². The van der Waals surface area contributed by atoms with Crippen LogP contribution < -0.4 is 18.9 Å². The Bertz CT molecular complexity index is 1480. The van der Waals surface area contributed by atoms with Crippen LogP contribution in [0.2, 0.25) is 0 Å². The molecule has 0 atom stereocenters. The van der Waals surface area contributed by atoms with Crippen LogP contribution in [0.5, 0.6) is 23.0 Å². The molecule has 0 aliphatic carbocycles. The minimum Gasteiger partial charge on any atom is -0.423 e. The molecule has 0 fully saturated rings. The maximum absolute atomic E-state index is 12.8. The molecule has 0 aliphatic rings. The Kier molecular flexibility index (Phi) is 9.56. The van der Waals surface area contributed by atoms with E-state index in [2.05, 4.69) is 19.7 Å². The van der Waals surface area contributed by atoms with Crippen LogP contribution in [0.25, 0.3) is 11.1 Å². The topological polar surface area (TPSA) is 105 Å². The van der Waals surface area contributed by atoms with Crippen LogP contribution in [-0.4, -0.2) is 23.9 Å².